The second kappa shape index (κ2) is 6.50. The van der Waals surface area contributed by atoms with Gasteiger partial charge >= 0.3 is 12.4 Å². The molecular formula is C15H14F6N4OS. The summed E-state index contributed by atoms with van der Waals surface area (Å²) in [7, 11) is 0. The van der Waals surface area contributed by atoms with Crippen LogP contribution in [0.5, 0.6) is 0 Å². The van der Waals surface area contributed by atoms with Gasteiger partial charge in [0.25, 0.3) is 5.91 Å². The van der Waals surface area contributed by atoms with Crippen molar-refractivity contribution < 1.29 is 31.1 Å². The predicted molar refractivity (Wildman–Crippen MR) is 84.8 cm³/mol. The maximum atomic E-state index is 13.1. The monoisotopic (exact) mass is 412 g/mol. The molecule has 0 radical (unpaired) electrons. The fraction of sp³-hybridized carbons (Fsp3) is 0.467. The number of aromatic nitrogens is 2. The van der Waals surface area contributed by atoms with Crippen molar-refractivity contribution in [2.45, 2.75) is 38.2 Å². The summed E-state index contributed by atoms with van der Waals surface area (Å²) in [5.41, 5.74) is -2.00. The first kappa shape index (κ1) is 19.6. The van der Waals surface area contributed by atoms with Crippen LogP contribution in [0.15, 0.2) is 28.9 Å². The lowest BCUT2D eigenvalue weighted by Crippen LogP contribution is -2.51. The Balaban J connectivity index is 1.94. The van der Waals surface area contributed by atoms with Gasteiger partial charge in [0.2, 0.25) is 0 Å². The van der Waals surface area contributed by atoms with Crippen LogP contribution in [0.4, 0.5) is 26.3 Å². The Kier molecular flexibility index (Phi) is 4.73. The second-order valence-corrected chi connectivity index (χ2v) is 7.44. The van der Waals surface area contributed by atoms with E-state index in [9.17, 15) is 31.1 Å². The van der Waals surface area contributed by atoms with E-state index in [-0.39, 0.29) is 17.9 Å². The highest BCUT2D eigenvalue weighted by Crippen LogP contribution is 2.40. The van der Waals surface area contributed by atoms with E-state index in [0.29, 0.717) is 4.91 Å². The van der Waals surface area contributed by atoms with E-state index in [1.54, 1.807) is 6.92 Å². The summed E-state index contributed by atoms with van der Waals surface area (Å²) in [6.07, 6.45) is -6.77. The highest BCUT2D eigenvalue weighted by Gasteiger charge is 2.43. The summed E-state index contributed by atoms with van der Waals surface area (Å²) >= 11 is 1.07. The topological polar surface area (TPSA) is 41.4 Å². The molecule has 0 aliphatic carbocycles. The quantitative estimate of drug-likeness (QED) is 0.711. The Bertz CT molecular complexity index is 825. The van der Waals surface area contributed by atoms with Gasteiger partial charge in [-0.15, -0.1) is 0 Å². The Morgan fingerprint density at radius 2 is 1.85 bits per heavy atom. The molecule has 27 heavy (non-hydrogen) atoms. The number of carbonyl (C=O) groups excluding carboxylic acids is 1. The summed E-state index contributed by atoms with van der Waals surface area (Å²) in [5, 5.41) is 3.43. The van der Waals surface area contributed by atoms with E-state index in [0.717, 1.165) is 33.5 Å². The van der Waals surface area contributed by atoms with Gasteiger partial charge in [-0.05, 0) is 19.9 Å². The minimum Gasteiger partial charge on any atom is -0.334 e. The van der Waals surface area contributed by atoms with Gasteiger partial charge in [0.1, 0.15) is 6.54 Å². The average Bonchev–Trinajstić information content (AvgIpc) is 3.06. The van der Waals surface area contributed by atoms with Crippen molar-refractivity contribution in [3.8, 4) is 0 Å². The third-order valence-corrected chi connectivity index (χ3v) is 5.13. The highest BCUT2D eigenvalue weighted by atomic mass is 32.2. The van der Waals surface area contributed by atoms with Crippen LogP contribution >= 0.6 is 11.8 Å². The molecule has 148 valence electrons. The molecule has 12 heteroatoms. The van der Waals surface area contributed by atoms with Crippen LogP contribution in [0, 0.1) is 6.92 Å². The summed E-state index contributed by atoms with van der Waals surface area (Å²) < 4.78 is 78.6. The summed E-state index contributed by atoms with van der Waals surface area (Å²) in [6, 6.07) is 0.807. The Morgan fingerprint density at radius 3 is 2.41 bits per heavy atom. The van der Waals surface area contributed by atoms with Gasteiger partial charge in [-0.3, -0.25) is 14.4 Å². The molecule has 1 atom stereocenters. The van der Waals surface area contributed by atoms with E-state index < -0.39 is 36.0 Å². The molecular weight excluding hydrogens is 398 g/mol. The summed E-state index contributed by atoms with van der Waals surface area (Å²) in [4.78, 5) is 15.1. The van der Waals surface area contributed by atoms with Crippen LogP contribution in [0.25, 0.3) is 0 Å². The number of nitrogens with zero attached hydrogens (tertiary/aromatic N) is 4. The molecule has 0 N–H and O–H groups in total. The Morgan fingerprint density at radius 1 is 1.19 bits per heavy atom. The fourth-order valence-corrected chi connectivity index (χ4v) is 3.94. The maximum absolute atomic E-state index is 13.1. The molecule has 0 saturated carbocycles. The molecule has 2 aliphatic heterocycles. The molecule has 1 aromatic heterocycles. The first-order chi connectivity index (χ1) is 12.3. The molecule has 3 rings (SSSR count). The van der Waals surface area contributed by atoms with E-state index >= 15 is 0 Å². The third kappa shape index (κ3) is 4.09. The lowest BCUT2D eigenvalue weighted by molar-refractivity contribution is -0.152. The first-order valence-electron chi connectivity index (χ1n) is 7.68. The molecule has 0 saturated heterocycles. The number of halogens is 6. The number of hydrogen-bond donors (Lipinski definition) is 0. The van der Waals surface area contributed by atoms with E-state index in [1.165, 1.54) is 18.0 Å². The van der Waals surface area contributed by atoms with Crippen LogP contribution in [-0.4, -0.2) is 43.7 Å². The zero-order valence-corrected chi connectivity index (χ0v) is 14.9. The number of aryl methyl sites for hydroxylation is 1. The van der Waals surface area contributed by atoms with Crippen LogP contribution in [0.3, 0.4) is 0 Å². The number of rotatable bonds is 3. The van der Waals surface area contributed by atoms with Gasteiger partial charge in [0, 0.05) is 28.6 Å². The Hall–Kier alpha value is -2.11. The highest BCUT2D eigenvalue weighted by molar-refractivity contribution is 8.03. The van der Waals surface area contributed by atoms with Gasteiger partial charge in [0.05, 0.1) is 6.54 Å². The van der Waals surface area contributed by atoms with Crippen molar-refractivity contribution in [3.05, 3.63) is 40.3 Å². The number of carbonyl (C=O) groups is 1. The molecule has 1 aromatic rings. The molecule has 0 aromatic carbocycles. The number of hydrogen-bond acceptors (Lipinski definition) is 4. The maximum Gasteiger partial charge on any atom is 0.435 e. The van der Waals surface area contributed by atoms with Crippen molar-refractivity contribution in [1.82, 2.24) is 19.6 Å². The normalized spacial score (nSPS) is 20.7. The van der Waals surface area contributed by atoms with Crippen molar-refractivity contribution in [3.63, 3.8) is 0 Å². The second-order valence-electron chi connectivity index (χ2n) is 6.13. The van der Waals surface area contributed by atoms with E-state index in [2.05, 4.69) is 5.10 Å². The third-order valence-electron chi connectivity index (χ3n) is 3.96. The molecule has 1 unspecified atom stereocenters. The zero-order valence-electron chi connectivity index (χ0n) is 14.1. The van der Waals surface area contributed by atoms with Crippen LogP contribution in [0.1, 0.15) is 18.3 Å². The lowest BCUT2D eigenvalue weighted by Gasteiger charge is -2.40. The lowest BCUT2D eigenvalue weighted by atomic mass is 10.2. The number of thioether (sulfide) groups is 1. The number of fused-ring (bicyclic) bond motifs is 1. The van der Waals surface area contributed by atoms with Crippen molar-refractivity contribution in [2.75, 3.05) is 6.54 Å². The predicted octanol–water partition coefficient (Wildman–Crippen LogP) is 3.69. The molecule has 5 nitrogen and oxygen atoms in total. The van der Waals surface area contributed by atoms with Gasteiger partial charge in [0.15, 0.2) is 11.2 Å². The minimum atomic E-state index is -4.67. The molecule has 1 amide bonds. The van der Waals surface area contributed by atoms with Gasteiger partial charge in [-0.25, -0.2) is 0 Å². The standard InChI is InChI=1S/C15H14F6N4OS/c1-8-3-11(15(19,20)21)22-25(8)6-10-4-12(26)23-5-9(2)27-13(23)24(10)7-14(16,17)18/h3-5,13H,6-7H2,1-2H3. The number of allylic oxidation sites excluding steroid dienone is 2. The molecule has 0 fully saturated rings. The SMILES string of the molecule is CC1=CN2C(=O)C=C(Cn3nc(C(F)(F)F)cc3C)N(CC(F)(F)F)C2S1. The first-order valence-corrected chi connectivity index (χ1v) is 8.56. The van der Waals surface area contributed by atoms with E-state index in [4.69, 9.17) is 0 Å². The van der Waals surface area contributed by atoms with Crippen LogP contribution in [-0.2, 0) is 17.5 Å². The molecule has 0 spiro atoms. The molecule has 0 bridgehead atoms. The molecule has 3 heterocycles. The van der Waals surface area contributed by atoms with Crippen molar-refractivity contribution >= 4 is 17.7 Å². The smallest absolute Gasteiger partial charge is 0.334 e. The van der Waals surface area contributed by atoms with Crippen molar-refractivity contribution in [1.29, 1.82) is 0 Å². The number of alkyl halides is 6. The number of amides is 1. The average molecular weight is 412 g/mol. The molecule has 2 aliphatic rings. The van der Waals surface area contributed by atoms with Gasteiger partial charge in [-0.2, -0.15) is 31.4 Å². The van der Waals surface area contributed by atoms with Crippen molar-refractivity contribution in [2.24, 2.45) is 0 Å². The van der Waals surface area contributed by atoms with Crippen LogP contribution < -0.4 is 0 Å². The fourth-order valence-electron chi connectivity index (χ4n) is 2.81. The summed E-state index contributed by atoms with van der Waals surface area (Å²) in [5.74, 6) is -0.529. The minimum absolute atomic E-state index is 0.0471. The Labute approximate surface area is 154 Å². The largest absolute Gasteiger partial charge is 0.435 e. The zero-order chi connectivity index (χ0) is 20.1. The van der Waals surface area contributed by atoms with Gasteiger partial charge in [-0.1, -0.05) is 11.8 Å². The van der Waals surface area contributed by atoms with Crippen LogP contribution in [0.2, 0.25) is 0 Å². The summed E-state index contributed by atoms with van der Waals surface area (Å²) in [6.45, 7) is 1.31. The van der Waals surface area contributed by atoms with E-state index in [1.807, 2.05) is 0 Å². The van der Waals surface area contributed by atoms with Gasteiger partial charge < -0.3 is 4.90 Å².